The van der Waals surface area contributed by atoms with Gasteiger partial charge in [0.25, 0.3) is 0 Å². The van der Waals surface area contributed by atoms with Crippen LogP contribution in [0.15, 0.2) is 18.2 Å². The molecule has 0 saturated heterocycles. The zero-order valence-corrected chi connectivity index (χ0v) is 9.19. The molecule has 1 heterocycles. The van der Waals surface area contributed by atoms with Gasteiger partial charge in [-0.05, 0) is 18.6 Å². The first kappa shape index (κ1) is 11.4. The number of aromatic nitrogens is 2. The summed E-state index contributed by atoms with van der Waals surface area (Å²) in [4.78, 5) is 14.7. The number of nitrogens with two attached hydrogens (primary N) is 2. The Morgan fingerprint density at radius 2 is 2.24 bits per heavy atom. The number of halogens is 1. The maximum atomic E-state index is 13.0. The molecule has 0 aliphatic rings. The van der Waals surface area contributed by atoms with Gasteiger partial charge in [0.05, 0.1) is 11.0 Å². The highest BCUT2D eigenvalue weighted by Crippen LogP contribution is 2.19. The van der Waals surface area contributed by atoms with Gasteiger partial charge in [0.15, 0.2) is 0 Å². The third-order valence-electron chi connectivity index (χ3n) is 2.54. The zero-order valence-electron chi connectivity index (χ0n) is 9.19. The Morgan fingerprint density at radius 1 is 1.47 bits per heavy atom. The van der Waals surface area contributed by atoms with Crippen LogP contribution in [0.3, 0.4) is 0 Å². The van der Waals surface area contributed by atoms with Crippen molar-refractivity contribution in [3.05, 3.63) is 24.0 Å². The number of primary amides is 1. The summed E-state index contributed by atoms with van der Waals surface area (Å²) in [6.45, 7) is 0.539. The molecule has 0 spiro atoms. The van der Waals surface area contributed by atoms with E-state index in [-0.39, 0.29) is 11.7 Å². The van der Waals surface area contributed by atoms with Crippen LogP contribution in [0.1, 0.15) is 12.8 Å². The molecule has 4 N–H and O–H groups in total. The normalized spacial score (nSPS) is 10.9. The Labute approximate surface area is 97.2 Å². The van der Waals surface area contributed by atoms with Crippen molar-refractivity contribution in [3.63, 3.8) is 0 Å². The van der Waals surface area contributed by atoms with Gasteiger partial charge in [-0.2, -0.15) is 0 Å². The predicted molar refractivity (Wildman–Crippen MR) is 62.5 cm³/mol. The highest BCUT2D eigenvalue weighted by molar-refractivity contribution is 5.78. The largest absolute Gasteiger partial charge is 0.370 e. The van der Waals surface area contributed by atoms with E-state index in [4.69, 9.17) is 11.5 Å². The minimum Gasteiger partial charge on any atom is -0.370 e. The Hall–Kier alpha value is -2.11. The zero-order chi connectivity index (χ0) is 12.4. The molecular weight excluding hydrogens is 223 g/mol. The molecule has 0 bridgehead atoms. The van der Waals surface area contributed by atoms with Crippen LogP contribution in [-0.2, 0) is 11.3 Å². The van der Waals surface area contributed by atoms with Gasteiger partial charge in [0.2, 0.25) is 11.9 Å². The molecule has 1 aromatic carbocycles. The highest BCUT2D eigenvalue weighted by atomic mass is 19.1. The average Bonchev–Trinajstić information content (AvgIpc) is 2.54. The molecule has 17 heavy (non-hydrogen) atoms. The third-order valence-corrected chi connectivity index (χ3v) is 2.54. The van der Waals surface area contributed by atoms with Gasteiger partial charge in [0.1, 0.15) is 5.82 Å². The Kier molecular flexibility index (Phi) is 2.95. The maximum absolute atomic E-state index is 13.0. The van der Waals surface area contributed by atoms with Gasteiger partial charge < -0.3 is 16.0 Å². The van der Waals surface area contributed by atoms with Gasteiger partial charge in [-0.15, -0.1) is 0 Å². The number of rotatable bonds is 4. The van der Waals surface area contributed by atoms with Crippen molar-refractivity contribution in [1.29, 1.82) is 0 Å². The standard InChI is InChI=1S/C11H13FN4O/c12-7-3-4-9-8(6-7)15-11(14)16(9)5-1-2-10(13)17/h3-4,6H,1-2,5H2,(H2,13,17)(H2,14,15). The molecule has 1 amide bonds. The van der Waals surface area contributed by atoms with Crippen molar-refractivity contribution >= 4 is 22.9 Å². The third kappa shape index (κ3) is 2.35. The first-order valence-electron chi connectivity index (χ1n) is 5.27. The quantitative estimate of drug-likeness (QED) is 0.830. The van der Waals surface area contributed by atoms with Crippen LogP contribution >= 0.6 is 0 Å². The number of carbonyl (C=O) groups excluding carboxylic acids is 1. The highest BCUT2D eigenvalue weighted by Gasteiger charge is 2.08. The van der Waals surface area contributed by atoms with Crippen molar-refractivity contribution in [2.45, 2.75) is 19.4 Å². The van der Waals surface area contributed by atoms with Gasteiger partial charge >= 0.3 is 0 Å². The van der Waals surface area contributed by atoms with Gasteiger partial charge in [-0.3, -0.25) is 4.79 Å². The number of amides is 1. The lowest BCUT2D eigenvalue weighted by molar-refractivity contribution is -0.118. The molecule has 0 unspecified atom stereocenters. The van der Waals surface area contributed by atoms with Crippen LogP contribution in [0.25, 0.3) is 11.0 Å². The van der Waals surface area contributed by atoms with Crippen LogP contribution in [0, 0.1) is 5.82 Å². The van der Waals surface area contributed by atoms with E-state index in [0.29, 0.717) is 30.9 Å². The number of imidazole rings is 1. The summed E-state index contributed by atoms with van der Waals surface area (Å²) in [5.41, 5.74) is 12.1. The minimum absolute atomic E-state index is 0.292. The van der Waals surface area contributed by atoms with Gasteiger partial charge in [-0.25, -0.2) is 9.37 Å². The van der Waals surface area contributed by atoms with Crippen molar-refractivity contribution in [2.75, 3.05) is 5.73 Å². The maximum Gasteiger partial charge on any atom is 0.217 e. The van der Waals surface area contributed by atoms with E-state index in [0.717, 1.165) is 5.52 Å². The number of hydrogen-bond acceptors (Lipinski definition) is 3. The van der Waals surface area contributed by atoms with Crippen LogP contribution in [0.5, 0.6) is 0 Å². The van der Waals surface area contributed by atoms with E-state index < -0.39 is 0 Å². The van der Waals surface area contributed by atoms with Crippen LogP contribution in [-0.4, -0.2) is 15.5 Å². The number of fused-ring (bicyclic) bond motifs is 1. The lowest BCUT2D eigenvalue weighted by Crippen LogP contribution is -2.12. The summed E-state index contributed by atoms with van der Waals surface area (Å²) < 4.78 is 14.7. The molecule has 6 heteroatoms. The summed E-state index contributed by atoms with van der Waals surface area (Å²) in [5, 5.41) is 0. The molecule has 0 saturated carbocycles. The van der Waals surface area contributed by atoms with E-state index in [1.807, 2.05) is 0 Å². The molecule has 0 aliphatic heterocycles. The number of anilines is 1. The van der Waals surface area contributed by atoms with E-state index in [1.165, 1.54) is 12.1 Å². The fraction of sp³-hybridized carbons (Fsp3) is 0.273. The second-order valence-corrected chi connectivity index (χ2v) is 3.82. The fourth-order valence-electron chi connectivity index (χ4n) is 1.77. The van der Waals surface area contributed by atoms with Gasteiger partial charge in [-0.1, -0.05) is 0 Å². The van der Waals surface area contributed by atoms with Crippen molar-refractivity contribution in [2.24, 2.45) is 5.73 Å². The summed E-state index contributed by atoms with van der Waals surface area (Å²) in [6, 6.07) is 4.31. The number of nitrogens with zero attached hydrogens (tertiary/aromatic N) is 2. The van der Waals surface area contributed by atoms with E-state index >= 15 is 0 Å². The van der Waals surface area contributed by atoms with E-state index in [2.05, 4.69) is 4.98 Å². The number of benzene rings is 1. The first-order valence-corrected chi connectivity index (χ1v) is 5.27. The van der Waals surface area contributed by atoms with Crippen LogP contribution in [0.4, 0.5) is 10.3 Å². The lowest BCUT2D eigenvalue weighted by atomic mass is 10.2. The second-order valence-electron chi connectivity index (χ2n) is 3.82. The van der Waals surface area contributed by atoms with Crippen LogP contribution in [0.2, 0.25) is 0 Å². The molecule has 0 atom stereocenters. The summed E-state index contributed by atoms with van der Waals surface area (Å²) >= 11 is 0. The molecule has 5 nitrogen and oxygen atoms in total. The number of hydrogen-bond donors (Lipinski definition) is 2. The molecule has 2 rings (SSSR count). The van der Waals surface area contributed by atoms with E-state index in [1.54, 1.807) is 10.6 Å². The Morgan fingerprint density at radius 3 is 2.94 bits per heavy atom. The topological polar surface area (TPSA) is 86.9 Å². The number of carbonyl (C=O) groups is 1. The number of aryl methyl sites for hydroxylation is 1. The lowest BCUT2D eigenvalue weighted by Gasteiger charge is -2.04. The van der Waals surface area contributed by atoms with Crippen molar-refractivity contribution < 1.29 is 9.18 Å². The molecular formula is C11H13FN4O. The van der Waals surface area contributed by atoms with E-state index in [9.17, 15) is 9.18 Å². The first-order chi connectivity index (χ1) is 8.08. The summed E-state index contributed by atoms with van der Waals surface area (Å²) in [5.74, 6) is -0.381. The number of nitrogen functional groups attached to an aromatic ring is 1. The summed E-state index contributed by atoms with van der Waals surface area (Å²) in [6.07, 6.45) is 0.878. The fourth-order valence-corrected chi connectivity index (χ4v) is 1.77. The molecule has 90 valence electrons. The predicted octanol–water partition coefficient (Wildman–Crippen LogP) is 1.02. The SMILES string of the molecule is NC(=O)CCCn1c(N)nc2cc(F)ccc21. The second kappa shape index (κ2) is 4.40. The molecule has 0 aliphatic carbocycles. The summed E-state index contributed by atoms with van der Waals surface area (Å²) in [7, 11) is 0. The van der Waals surface area contributed by atoms with Gasteiger partial charge in [0, 0.05) is 19.0 Å². The average molecular weight is 236 g/mol. The Balaban J connectivity index is 2.27. The molecule has 2 aromatic rings. The minimum atomic E-state index is -0.348. The molecule has 0 fully saturated rings. The monoisotopic (exact) mass is 236 g/mol. The molecule has 1 aromatic heterocycles. The Bertz CT molecular complexity index is 564. The van der Waals surface area contributed by atoms with Crippen LogP contribution < -0.4 is 11.5 Å². The molecule has 0 radical (unpaired) electrons. The van der Waals surface area contributed by atoms with Crippen molar-refractivity contribution in [1.82, 2.24) is 9.55 Å². The smallest absolute Gasteiger partial charge is 0.217 e. The van der Waals surface area contributed by atoms with Crippen molar-refractivity contribution in [3.8, 4) is 0 Å².